The van der Waals surface area contributed by atoms with Crippen LogP contribution in [0.25, 0.3) is 0 Å². The van der Waals surface area contributed by atoms with E-state index in [0.29, 0.717) is 0 Å². The molecule has 0 aliphatic heterocycles. The van der Waals surface area contributed by atoms with Gasteiger partial charge in [0.25, 0.3) is 0 Å². The summed E-state index contributed by atoms with van der Waals surface area (Å²) in [6, 6.07) is 0. The van der Waals surface area contributed by atoms with Gasteiger partial charge in [0, 0.05) is 12.4 Å². The number of H-pyrrole nitrogens is 1. The molecule has 0 aliphatic rings. The number of aromatic amines is 1. The lowest BCUT2D eigenvalue weighted by molar-refractivity contribution is 0.376. The van der Waals surface area contributed by atoms with E-state index in [2.05, 4.69) is 9.97 Å². The highest BCUT2D eigenvalue weighted by molar-refractivity contribution is 7.46. The van der Waals surface area contributed by atoms with Crippen molar-refractivity contribution in [2.24, 2.45) is 0 Å². The van der Waals surface area contributed by atoms with Gasteiger partial charge in [0.1, 0.15) is 5.82 Å². The molecule has 4 nitrogen and oxygen atoms in total. The summed E-state index contributed by atoms with van der Waals surface area (Å²) >= 11 is 0. The number of rotatable bonds is 0. The van der Waals surface area contributed by atoms with Gasteiger partial charge in [-0.15, -0.1) is 8.39 Å². The fraction of sp³-hybridized carbons (Fsp3) is 0.250. The lowest BCUT2D eigenvalue weighted by atomic mass is 10.8. The van der Waals surface area contributed by atoms with Gasteiger partial charge in [-0.05, 0) is 6.92 Å². The van der Waals surface area contributed by atoms with E-state index in [1.807, 2.05) is 6.92 Å². The van der Waals surface area contributed by atoms with Gasteiger partial charge < -0.3 is 4.98 Å². The molecule has 1 rings (SSSR count). The number of aryl methyl sites for hydroxylation is 1. The molecule has 0 spiro atoms. The Morgan fingerprint density at radius 2 is 2.18 bits per heavy atom. The van der Waals surface area contributed by atoms with Crippen molar-refractivity contribution in [2.45, 2.75) is 6.92 Å². The van der Waals surface area contributed by atoms with Crippen LogP contribution in [0, 0.1) is 6.92 Å². The minimum atomic E-state index is -5.64. The minimum Gasteiger partial charge on any atom is -0.349 e. The molecule has 0 unspecified atom stereocenters. The van der Waals surface area contributed by atoms with E-state index in [4.69, 9.17) is 9.46 Å². The zero-order chi connectivity index (χ0) is 8.91. The maximum absolute atomic E-state index is 10.1. The molecule has 0 aromatic carbocycles. The summed E-state index contributed by atoms with van der Waals surface area (Å²) in [6.45, 7) is 1.92. The lowest BCUT2D eigenvalue weighted by Gasteiger charge is -1.73. The topological polar surface area (TPSA) is 66.0 Å². The van der Waals surface area contributed by atoms with Gasteiger partial charge in [0.15, 0.2) is 0 Å². The molecule has 0 amide bonds. The Hall–Kier alpha value is -0.740. The second-order valence-corrected chi connectivity index (χ2v) is 2.48. The molecule has 0 bridgehead atoms. The van der Waals surface area contributed by atoms with E-state index in [9.17, 15) is 8.39 Å². The third-order valence-corrected chi connectivity index (χ3v) is 0.635. The molecule has 0 saturated carbocycles. The van der Waals surface area contributed by atoms with Crippen LogP contribution in [-0.2, 0) is 4.57 Å². The molecule has 2 N–H and O–H groups in total. The SMILES string of the molecule is Cc1ncc[nH]1.O=P(O)(F)F. The third-order valence-electron chi connectivity index (χ3n) is 0.635. The van der Waals surface area contributed by atoms with Crippen molar-refractivity contribution in [2.75, 3.05) is 0 Å². The van der Waals surface area contributed by atoms with E-state index >= 15 is 0 Å². The summed E-state index contributed by atoms with van der Waals surface area (Å²) in [5.74, 6) is 0.968. The average molecular weight is 184 g/mol. The Balaban J connectivity index is 0.000000187. The van der Waals surface area contributed by atoms with E-state index in [0.717, 1.165) is 5.82 Å². The van der Waals surface area contributed by atoms with Crippen molar-refractivity contribution >= 4 is 7.99 Å². The van der Waals surface area contributed by atoms with Crippen LogP contribution in [0.5, 0.6) is 0 Å². The number of aromatic nitrogens is 2. The minimum absolute atomic E-state index is 0.968. The van der Waals surface area contributed by atoms with Gasteiger partial charge in [0.2, 0.25) is 0 Å². The number of nitrogens with zero attached hydrogens (tertiary/aromatic N) is 1. The fourth-order valence-corrected chi connectivity index (χ4v) is 0.344. The largest absolute Gasteiger partial charge is 0.549 e. The second-order valence-electron chi connectivity index (χ2n) is 1.61. The van der Waals surface area contributed by atoms with E-state index in [-0.39, 0.29) is 0 Å². The number of hydrogen-bond donors (Lipinski definition) is 2. The fourth-order valence-electron chi connectivity index (χ4n) is 0.344. The number of hydrogen-bond acceptors (Lipinski definition) is 2. The van der Waals surface area contributed by atoms with Gasteiger partial charge in [-0.25, -0.2) is 9.55 Å². The van der Waals surface area contributed by atoms with Crippen molar-refractivity contribution in [3.8, 4) is 0 Å². The second kappa shape index (κ2) is 4.20. The van der Waals surface area contributed by atoms with E-state index in [1.54, 1.807) is 12.4 Å². The van der Waals surface area contributed by atoms with Crippen molar-refractivity contribution in [3.63, 3.8) is 0 Å². The zero-order valence-corrected chi connectivity index (χ0v) is 6.55. The van der Waals surface area contributed by atoms with Crippen molar-refractivity contribution in [1.29, 1.82) is 0 Å². The van der Waals surface area contributed by atoms with Gasteiger partial charge in [-0.2, -0.15) is 0 Å². The number of halogens is 2. The van der Waals surface area contributed by atoms with Crippen LogP contribution in [0.3, 0.4) is 0 Å². The first-order valence-electron chi connectivity index (χ1n) is 2.57. The maximum Gasteiger partial charge on any atom is 0.549 e. The predicted octanol–water partition coefficient (Wildman–Crippen LogP) is 1.74. The van der Waals surface area contributed by atoms with Crippen LogP contribution < -0.4 is 0 Å². The van der Waals surface area contributed by atoms with Gasteiger partial charge in [0.05, 0.1) is 0 Å². The smallest absolute Gasteiger partial charge is 0.349 e. The van der Waals surface area contributed by atoms with Crippen molar-refractivity contribution in [1.82, 2.24) is 9.97 Å². The van der Waals surface area contributed by atoms with E-state index in [1.165, 1.54) is 0 Å². The Bertz CT molecular complexity index is 224. The number of imidazole rings is 1. The predicted molar refractivity (Wildman–Crippen MR) is 35.4 cm³/mol. The molecule has 1 aromatic heterocycles. The first-order valence-corrected chi connectivity index (χ1v) is 4.02. The molecule has 0 saturated heterocycles. The van der Waals surface area contributed by atoms with E-state index < -0.39 is 7.99 Å². The van der Waals surface area contributed by atoms with Crippen LogP contribution in [0.1, 0.15) is 5.82 Å². The van der Waals surface area contributed by atoms with Crippen LogP contribution in [-0.4, -0.2) is 14.9 Å². The summed E-state index contributed by atoms with van der Waals surface area (Å²) in [6.07, 6.45) is 3.53. The van der Waals surface area contributed by atoms with Crippen LogP contribution in [0.15, 0.2) is 12.4 Å². The molecule has 0 fully saturated rings. The van der Waals surface area contributed by atoms with Crippen molar-refractivity contribution in [3.05, 3.63) is 18.2 Å². The third kappa shape index (κ3) is 12.5. The van der Waals surface area contributed by atoms with Gasteiger partial charge in [-0.1, -0.05) is 0 Å². The Morgan fingerprint density at radius 3 is 2.27 bits per heavy atom. The first kappa shape index (κ1) is 10.3. The lowest BCUT2D eigenvalue weighted by Crippen LogP contribution is -1.66. The van der Waals surface area contributed by atoms with Crippen LogP contribution in [0.2, 0.25) is 0 Å². The van der Waals surface area contributed by atoms with Crippen LogP contribution in [0.4, 0.5) is 8.39 Å². The van der Waals surface area contributed by atoms with Gasteiger partial charge >= 0.3 is 7.99 Å². The molecule has 0 radical (unpaired) electrons. The number of nitrogens with one attached hydrogen (secondary N) is 1. The molecule has 7 heteroatoms. The van der Waals surface area contributed by atoms with Crippen molar-refractivity contribution < 1.29 is 17.9 Å². The van der Waals surface area contributed by atoms with Gasteiger partial charge in [-0.3, -0.25) is 4.89 Å². The Kier molecular flexibility index (Phi) is 3.92. The standard InChI is InChI=1S/C4H6N2.F2HO2P/c1-4-5-2-3-6-4;1-5(2,3)4/h2-3H,1H3,(H,5,6);(H,3,4). The summed E-state index contributed by atoms with van der Waals surface area (Å²) < 4.78 is 28.7. The summed E-state index contributed by atoms with van der Waals surface area (Å²) in [7, 11) is -5.64. The molecule has 1 aromatic rings. The maximum atomic E-state index is 10.1. The first-order chi connectivity index (χ1) is 4.89. The monoisotopic (exact) mass is 184 g/mol. The molecule has 0 atom stereocenters. The summed E-state index contributed by atoms with van der Waals surface area (Å²) in [5, 5.41) is 0. The Labute approximate surface area is 62.0 Å². The quantitative estimate of drug-likeness (QED) is 0.603. The molecular formula is C4H7F2N2O2P. The summed E-state index contributed by atoms with van der Waals surface area (Å²) in [5.41, 5.74) is 0. The normalized spacial score (nSPS) is 10.2. The highest BCUT2D eigenvalue weighted by Crippen LogP contribution is 2.43. The zero-order valence-electron chi connectivity index (χ0n) is 5.66. The summed E-state index contributed by atoms with van der Waals surface area (Å²) in [4.78, 5) is 13.5. The average Bonchev–Trinajstić information content (AvgIpc) is 2.12. The highest BCUT2D eigenvalue weighted by Gasteiger charge is 2.09. The molecule has 11 heavy (non-hydrogen) atoms. The van der Waals surface area contributed by atoms with Crippen LogP contribution >= 0.6 is 7.99 Å². The Morgan fingerprint density at radius 1 is 1.73 bits per heavy atom. The molecular weight excluding hydrogens is 177 g/mol. The molecule has 1 heterocycles. The highest BCUT2D eigenvalue weighted by atomic mass is 31.2. The molecule has 0 aliphatic carbocycles. The molecule has 64 valence electrons.